The van der Waals surface area contributed by atoms with Gasteiger partial charge in [0, 0.05) is 0 Å². The fourth-order valence-corrected chi connectivity index (χ4v) is 3.98. The van der Waals surface area contributed by atoms with Crippen molar-refractivity contribution in [3.05, 3.63) is 70.8 Å². The van der Waals surface area contributed by atoms with E-state index in [4.69, 9.17) is 19.0 Å². The molecule has 1 saturated carbocycles. The molecular formula is C27H35NO4. The number of benzene rings is 2. The van der Waals surface area contributed by atoms with E-state index in [-0.39, 0.29) is 12.2 Å². The van der Waals surface area contributed by atoms with Crippen LogP contribution in [0.4, 0.5) is 0 Å². The minimum atomic E-state index is 0.0593. The average molecular weight is 438 g/mol. The molecule has 0 aromatic heterocycles. The minimum absolute atomic E-state index is 0.0593. The molecule has 5 heteroatoms. The van der Waals surface area contributed by atoms with Gasteiger partial charge in [-0.2, -0.15) is 0 Å². The summed E-state index contributed by atoms with van der Waals surface area (Å²) in [4.78, 5) is 4.73. The number of hydrogen-bond acceptors (Lipinski definition) is 5. The molecule has 0 aliphatic heterocycles. The van der Waals surface area contributed by atoms with Gasteiger partial charge in [-0.1, -0.05) is 48.0 Å². The van der Waals surface area contributed by atoms with Gasteiger partial charge in [0.05, 0.1) is 18.9 Å². The molecule has 3 rings (SSSR count). The van der Waals surface area contributed by atoms with Crippen molar-refractivity contribution >= 4 is 6.21 Å². The molecule has 0 heterocycles. The number of hydrogen-bond donors (Lipinski definition) is 0. The number of aryl methyl sites for hydroxylation is 2. The molecule has 172 valence electrons. The van der Waals surface area contributed by atoms with Crippen LogP contribution in [0.1, 0.15) is 54.9 Å². The zero-order valence-corrected chi connectivity index (χ0v) is 19.7. The van der Waals surface area contributed by atoms with Gasteiger partial charge in [0.25, 0.3) is 0 Å². The van der Waals surface area contributed by atoms with E-state index in [2.05, 4.69) is 43.3 Å². The Balaban J connectivity index is 1.62. The lowest BCUT2D eigenvalue weighted by atomic mass is 9.94. The molecule has 2 aromatic carbocycles. The first-order valence-electron chi connectivity index (χ1n) is 11.4. The minimum Gasteiger partial charge on any atom is -0.490 e. The Kier molecular flexibility index (Phi) is 9.17. The summed E-state index contributed by atoms with van der Waals surface area (Å²) in [5.74, 6) is 1.83. The van der Waals surface area contributed by atoms with E-state index in [0.29, 0.717) is 13.2 Å². The molecule has 0 bridgehead atoms. The maximum Gasteiger partial charge on any atom is 0.125 e. The highest BCUT2D eigenvalue weighted by atomic mass is 16.6. The van der Waals surface area contributed by atoms with E-state index in [1.165, 1.54) is 20.0 Å². The molecule has 1 aliphatic rings. The molecule has 0 radical (unpaired) electrons. The van der Waals surface area contributed by atoms with Gasteiger partial charge < -0.3 is 19.0 Å². The summed E-state index contributed by atoms with van der Waals surface area (Å²) in [6, 6.07) is 12.3. The first-order valence-corrected chi connectivity index (χ1v) is 11.4. The number of oxime groups is 1. The lowest BCUT2D eigenvalue weighted by Crippen LogP contribution is -2.37. The van der Waals surface area contributed by atoms with Crippen molar-refractivity contribution in [2.75, 3.05) is 13.7 Å². The molecule has 5 nitrogen and oxygen atoms in total. The van der Waals surface area contributed by atoms with E-state index in [1.807, 2.05) is 31.2 Å². The Labute approximate surface area is 192 Å². The maximum atomic E-state index is 6.54. The van der Waals surface area contributed by atoms with Gasteiger partial charge in [-0.3, -0.25) is 0 Å². The molecule has 2 atom stereocenters. The van der Waals surface area contributed by atoms with Crippen LogP contribution in [-0.2, 0) is 16.2 Å². The number of ether oxygens (including phenoxy) is 3. The summed E-state index contributed by atoms with van der Waals surface area (Å²) in [5.41, 5.74) is 4.33. The van der Waals surface area contributed by atoms with Crippen LogP contribution < -0.4 is 9.47 Å². The number of allylic oxidation sites excluding steroid dienone is 1. The van der Waals surface area contributed by atoms with Gasteiger partial charge >= 0.3 is 0 Å². The molecule has 2 aromatic rings. The van der Waals surface area contributed by atoms with Crippen molar-refractivity contribution in [3.63, 3.8) is 0 Å². The van der Waals surface area contributed by atoms with E-state index in [1.54, 1.807) is 6.21 Å². The summed E-state index contributed by atoms with van der Waals surface area (Å²) in [7, 11) is 1.54. The summed E-state index contributed by atoms with van der Waals surface area (Å²) in [6.45, 7) is 7.30. The molecule has 2 unspecified atom stereocenters. The van der Waals surface area contributed by atoms with Crippen LogP contribution in [0, 0.1) is 13.8 Å². The molecule has 0 spiro atoms. The molecule has 0 N–H and O–H groups in total. The van der Waals surface area contributed by atoms with Gasteiger partial charge in [0.2, 0.25) is 0 Å². The third kappa shape index (κ3) is 6.86. The lowest BCUT2D eigenvalue weighted by molar-refractivity contribution is -0.0558. The highest BCUT2D eigenvalue weighted by Crippen LogP contribution is 2.33. The number of nitrogens with zero attached hydrogens (tertiary/aromatic N) is 1. The highest BCUT2D eigenvalue weighted by molar-refractivity contribution is 5.79. The van der Waals surface area contributed by atoms with Crippen molar-refractivity contribution in [3.8, 4) is 11.5 Å². The average Bonchev–Trinajstić information content (AvgIpc) is 2.80. The summed E-state index contributed by atoms with van der Waals surface area (Å²) in [6.07, 6.45) is 10.2. The van der Waals surface area contributed by atoms with E-state index in [9.17, 15) is 0 Å². The van der Waals surface area contributed by atoms with Crippen LogP contribution in [0.25, 0.3) is 0 Å². The fraction of sp³-hybridized carbons (Fsp3) is 0.444. The second-order valence-electron chi connectivity index (χ2n) is 8.22. The third-order valence-corrected chi connectivity index (χ3v) is 5.68. The first-order chi connectivity index (χ1) is 15.6. The molecule has 0 saturated heterocycles. The van der Waals surface area contributed by atoms with Crippen LogP contribution in [0.5, 0.6) is 11.5 Å². The van der Waals surface area contributed by atoms with Crippen LogP contribution in [0.15, 0.2) is 53.7 Å². The standard InChI is InChI=1S/C27H35NO4/c1-5-6-15-30-24-16-20(2)27(21(3)17-24)32-26-10-8-7-9-25(26)31-19-23-13-11-22(12-14-23)18-28-29-4/h5-6,11-14,16-18,25-26H,7-10,15,19H2,1-4H3/b6-5+,28-18+. The summed E-state index contributed by atoms with van der Waals surface area (Å²) < 4.78 is 18.7. The SMILES string of the molecule is C/C=C/COc1cc(C)c(OC2CCCCC2OCc2ccc(/C=N/OC)cc2)c(C)c1. The quantitative estimate of drug-likeness (QED) is 0.254. The maximum absolute atomic E-state index is 6.54. The van der Waals surface area contributed by atoms with Gasteiger partial charge in [-0.15, -0.1) is 0 Å². The normalized spacial score (nSPS) is 18.9. The van der Waals surface area contributed by atoms with Crippen LogP contribution in [-0.4, -0.2) is 32.1 Å². The van der Waals surface area contributed by atoms with Crippen molar-refractivity contribution < 1.29 is 19.0 Å². The highest BCUT2D eigenvalue weighted by Gasteiger charge is 2.28. The summed E-state index contributed by atoms with van der Waals surface area (Å²) >= 11 is 0. The molecule has 1 aliphatic carbocycles. The molecule has 32 heavy (non-hydrogen) atoms. The van der Waals surface area contributed by atoms with E-state index in [0.717, 1.165) is 46.6 Å². The van der Waals surface area contributed by atoms with Crippen LogP contribution in [0.3, 0.4) is 0 Å². The molecule has 1 fully saturated rings. The lowest BCUT2D eigenvalue weighted by Gasteiger charge is -2.33. The predicted octanol–water partition coefficient (Wildman–Crippen LogP) is 6.15. The van der Waals surface area contributed by atoms with Crippen molar-refractivity contribution in [1.29, 1.82) is 0 Å². The number of rotatable bonds is 10. The topological polar surface area (TPSA) is 49.3 Å². The predicted molar refractivity (Wildman–Crippen MR) is 129 cm³/mol. The largest absolute Gasteiger partial charge is 0.490 e. The monoisotopic (exact) mass is 437 g/mol. The van der Waals surface area contributed by atoms with Crippen LogP contribution >= 0.6 is 0 Å². The zero-order chi connectivity index (χ0) is 22.8. The Morgan fingerprint density at radius 2 is 1.69 bits per heavy atom. The van der Waals surface area contributed by atoms with Crippen molar-refractivity contribution in [1.82, 2.24) is 0 Å². The Hall–Kier alpha value is -2.79. The van der Waals surface area contributed by atoms with Gasteiger partial charge in [-0.05, 0) is 74.4 Å². The van der Waals surface area contributed by atoms with Gasteiger partial charge in [0.15, 0.2) is 0 Å². The molecular weight excluding hydrogens is 402 g/mol. The second kappa shape index (κ2) is 12.3. The van der Waals surface area contributed by atoms with Crippen molar-refractivity contribution in [2.45, 2.75) is 65.3 Å². The van der Waals surface area contributed by atoms with Gasteiger partial charge in [-0.25, -0.2) is 0 Å². The smallest absolute Gasteiger partial charge is 0.125 e. The Bertz CT molecular complexity index is 881. The second-order valence-corrected chi connectivity index (χ2v) is 8.22. The van der Waals surface area contributed by atoms with E-state index >= 15 is 0 Å². The third-order valence-electron chi connectivity index (χ3n) is 5.68. The first kappa shape index (κ1) is 23.9. The van der Waals surface area contributed by atoms with Crippen LogP contribution in [0.2, 0.25) is 0 Å². The van der Waals surface area contributed by atoms with E-state index < -0.39 is 0 Å². The zero-order valence-electron chi connectivity index (χ0n) is 19.7. The molecule has 0 amide bonds. The Morgan fingerprint density at radius 1 is 1.00 bits per heavy atom. The fourth-order valence-electron chi connectivity index (χ4n) is 3.98. The van der Waals surface area contributed by atoms with Gasteiger partial charge in [0.1, 0.15) is 31.3 Å². The summed E-state index contributed by atoms with van der Waals surface area (Å²) in [5, 5.41) is 3.80. The Morgan fingerprint density at radius 3 is 2.34 bits per heavy atom. The van der Waals surface area contributed by atoms with Crippen molar-refractivity contribution in [2.24, 2.45) is 5.16 Å².